The molecule has 0 atom stereocenters. The zero-order chi connectivity index (χ0) is 4.50. The van der Waals surface area contributed by atoms with Crippen LogP contribution < -0.4 is 9.79 Å². The molecule has 0 unspecified atom stereocenters. The molecule has 0 aliphatic carbocycles. The van der Waals surface area contributed by atoms with Gasteiger partial charge in [0.15, 0.2) is 0 Å². The van der Waals surface area contributed by atoms with Gasteiger partial charge in [0.25, 0.3) is 0 Å². The van der Waals surface area contributed by atoms with Gasteiger partial charge in [-0.2, -0.15) is 0 Å². The van der Waals surface area contributed by atoms with Crippen molar-refractivity contribution in [2.45, 2.75) is 0 Å². The minimum absolute atomic E-state index is 0. The summed E-state index contributed by atoms with van der Waals surface area (Å²) in [5, 5.41) is 0. The van der Waals surface area contributed by atoms with Crippen molar-refractivity contribution in [1.82, 2.24) is 0 Å². The molecule has 0 radical (unpaired) electrons. The Morgan fingerprint density at radius 3 is 1.38 bits per heavy atom. The van der Waals surface area contributed by atoms with Crippen LogP contribution in [0.2, 0.25) is 0 Å². The topological polar surface area (TPSA) is 115 Å². The van der Waals surface area contributed by atoms with E-state index < -0.39 is 7.82 Å². The number of hydrogen-bond acceptors (Lipinski definition) is 3. The zero-order valence-corrected chi connectivity index (χ0v) is 5.63. The zero-order valence-electron chi connectivity index (χ0n) is 3.33. The van der Waals surface area contributed by atoms with Crippen LogP contribution in [0.15, 0.2) is 0 Å². The van der Waals surface area contributed by atoms with E-state index in [0.29, 0.717) is 0 Å². The Morgan fingerprint density at radius 2 is 1.38 bits per heavy atom. The first-order valence-electron chi connectivity index (χ1n) is 0.748. The quantitative estimate of drug-likeness (QED) is 0.300. The Labute approximate surface area is 92.2 Å². The smallest absolute Gasteiger partial charge is 2.00 e. The predicted molar refractivity (Wildman–Crippen MR) is 27.7 cm³/mol. The second-order valence-corrected chi connectivity index (χ2v) is 1.41. The third kappa shape index (κ3) is 92.8. The molecule has 0 bridgehead atoms. The molecule has 0 amide bonds. The molecule has 0 rings (SSSR count). The predicted octanol–water partition coefficient (Wildman–Crippen LogP) is -4.31. The van der Waals surface area contributed by atoms with Crippen molar-refractivity contribution in [2.24, 2.45) is 0 Å². The summed E-state index contributed by atoms with van der Waals surface area (Å²) in [6.07, 6.45) is 0. The Morgan fingerprint density at radius 1 is 1.38 bits per heavy atom. The summed E-state index contributed by atoms with van der Waals surface area (Å²) in [6.45, 7) is 0. The maximum absolute atomic E-state index is 8.66. The molecule has 8 heavy (non-hydrogen) atoms. The fourth-order valence-electron chi connectivity index (χ4n) is 0. The molecule has 0 spiro atoms. The summed E-state index contributed by atoms with van der Waals surface area (Å²) in [7, 11) is -5.14. The minimum Gasteiger partial charge on any atom is 2.00 e. The molecule has 3 N–H and O–H groups in total. The van der Waals surface area contributed by atoms with Crippen molar-refractivity contribution in [2.75, 3.05) is 0 Å². The SMILES string of the molecule is O.O=P([O-])([O-])O.[CaH2].[Mg+2]. The van der Waals surface area contributed by atoms with Gasteiger partial charge < -0.3 is 24.7 Å². The summed E-state index contributed by atoms with van der Waals surface area (Å²) in [5.74, 6) is 0. The van der Waals surface area contributed by atoms with Gasteiger partial charge in [0.1, 0.15) is 0 Å². The average Bonchev–Trinajstić information content (AvgIpc) is 0.722. The molecule has 0 saturated carbocycles. The van der Waals surface area contributed by atoms with E-state index in [1.54, 1.807) is 0 Å². The summed E-state index contributed by atoms with van der Waals surface area (Å²) in [4.78, 5) is 24.3. The maximum atomic E-state index is 8.66. The van der Waals surface area contributed by atoms with Crippen molar-refractivity contribution >= 4 is 68.6 Å². The van der Waals surface area contributed by atoms with Crippen LogP contribution in [0.1, 0.15) is 0 Å². The van der Waals surface area contributed by atoms with Gasteiger partial charge in [-0.15, -0.1) is 0 Å². The van der Waals surface area contributed by atoms with Crippen LogP contribution in [0.3, 0.4) is 0 Å². The second-order valence-electron chi connectivity index (χ2n) is 0.469. The molecular weight excluding hydrogens is 175 g/mol. The van der Waals surface area contributed by atoms with E-state index in [4.69, 9.17) is 19.2 Å². The van der Waals surface area contributed by atoms with Crippen LogP contribution in [0.25, 0.3) is 0 Å². The summed E-state index contributed by atoms with van der Waals surface area (Å²) in [6, 6.07) is 0. The van der Waals surface area contributed by atoms with E-state index in [2.05, 4.69) is 0 Å². The monoisotopic (exact) mass is 180 g/mol. The Bertz CT molecular complexity index is 58.6. The van der Waals surface area contributed by atoms with Crippen LogP contribution >= 0.6 is 7.82 Å². The minimum atomic E-state index is -5.14. The van der Waals surface area contributed by atoms with E-state index in [1.165, 1.54) is 0 Å². The fraction of sp³-hybridized carbons (Fsp3) is 0. The third-order valence-corrected chi connectivity index (χ3v) is 0. The second kappa shape index (κ2) is 9.10. The standard InChI is InChI=1S/Ca.Mg.H3O4P.H2O.2H/c;;1-5(2,3)4;;;/h;;(H3,1,2,3,4);1H2;;/q;+2;;;;/p-2. The maximum Gasteiger partial charge on any atom is 2.00 e. The van der Waals surface area contributed by atoms with Crippen molar-refractivity contribution in [3.8, 4) is 0 Å². The van der Waals surface area contributed by atoms with Gasteiger partial charge in [-0.25, -0.2) is 0 Å². The number of phosphoric acid groups is 1. The molecule has 0 aliphatic rings. The van der Waals surface area contributed by atoms with Gasteiger partial charge in [-0.1, -0.05) is 0 Å². The molecule has 5 nitrogen and oxygen atoms in total. The Hall–Kier alpha value is 2.10. The molecular formula is H5CaMgO5P. The molecule has 0 aliphatic heterocycles. The van der Waals surface area contributed by atoms with E-state index in [9.17, 15) is 0 Å². The van der Waals surface area contributed by atoms with Crippen LogP contribution in [-0.4, -0.2) is 71.2 Å². The molecule has 44 valence electrons. The van der Waals surface area contributed by atoms with E-state index in [-0.39, 0.29) is 66.3 Å². The van der Waals surface area contributed by atoms with E-state index in [0.717, 1.165) is 0 Å². The largest absolute Gasteiger partial charge is 2.00 e. The van der Waals surface area contributed by atoms with Crippen molar-refractivity contribution in [3.63, 3.8) is 0 Å². The number of hydrogen-bond donors (Lipinski definition) is 1. The van der Waals surface area contributed by atoms with Crippen molar-refractivity contribution < 1.29 is 24.7 Å². The van der Waals surface area contributed by atoms with Crippen LogP contribution in [0.5, 0.6) is 0 Å². The van der Waals surface area contributed by atoms with Gasteiger partial charge in [-0.3, -0.25) is 0 Å². The molecule has 0 aromatic heterocycles. The van der Waals surface area contributed by atoms with Gasteiger partial charge in [0.2, 0.25) is 0 Å². The van der Waals surface area contributed by atoms with Crippen molar-refractivity contribution in [1.29, 1.82) is 0 Å². The van der Waals surface area contributed by atoms with Gasteiger partial charge >= 0.3 is 60.8 Å². The first-order chi connectivity index (χ1) is 2.00. The fourth-order valence-corrected chi connectivity index (χ4v) is 0. The normalized spacial score (nSPS) is 7.38. The van der Waals surface area contributed by atoms with Crippen LogP contribution in [0, 0.1) is 0 Å². The molecule has 0 aromatic rings. The van der Waals surface area contributed by atoms with Crippen LogP contribution in [0.4, 0.5) is 0 Å². The van der Waals surface area contributed by atoms with Gasteiger partial charge in [0.05, 0.1) is 7.82 Å². The Balaban J connectivity index is -0.0000000267. The first kappa shape index (κ1) is 22.5. The third-order valence-electron chi connectivity index (χ3n) is 0. The van der Waals surface area contributed by atoms with E-state index in [1.807, 2.05) is 0 Å². The molecule has 0 fully saturated rings. The summed E-state index contributed by atoms with van der Waals surface area (Å²) in [5.41, 5.74) is 0. The summed E-state index contributed by atoms with van der Waals surface area (Å²) < 4.78 is 8.66. The van der Waals surface area contributed by atoms with Gasteiger partial charge in [-0.05, 0) is 0 Å². The average molecular weight is 180 g/mol. The molecule has 0 heterocycles. The van der Waals surface area contributed by atoms with E-state index >= 15 is 0 Å². The van der Waals surface area contributed by atoms with Crippen LogP contribution in [-0.2, 0) is 4.57 Å². The number of rotatable bonds is 0. The Kier molecular flexibility index (Phi) is 25.6. The molecule has 8 heteroatoms. The molecule has 0 aromatic carbocycles. The first-order valence-corrected chi connectivity index (χ1v) is 2.24. The summed E-state index contributed by atoms with van der Waals surface area (Å²) >= 11 is 0. The van der Waals surface area contributed by atoms with Gasteiger partial charge in [0, 0.05) is 0 Å². The molecule has 0 saturated heterocycles. The van der Waals surface area contributed by atoms with Crippen molar-refractivity contribution in [3.05, 3.63) is 0 Å².